The molecule has 372 valence electrons. The Hall–Kier alpha value is -6.58. The molecule has 0 radical (unpaired) electrons. The van der Waals surface area contributed by atoms with Crippen molar-refractivity contribution in [3.8, 4) is 29.6 Å². The number of anilines is 2. The number of halogens is 1. The molecule has 0 spiro atoms. The molecule has 7 aliphatic rings. The number of imide groups is 2. The van der Waals surface area contributed by atoms with Crippen molar-refractivity contribution in [1.29, 1.82) is 0 Å². The highest BCUT2D eigenvalue weighted by Crippen LogP contribution is 2.39. The number of pyridine rings is 1. The molecule has 6 fully saturated rings. The van der Waals surface area contributed by atoms with Crippen molar-refractivity contribution in [3.05, 3.63) is 83.3 Å². The number of carbonyl (C=O) groups excluding carboxylic acids is 4. The first-order valence-corrected chi connectivity index (χ1v) is 25.8. The summed E-state index contributed by atoms with van der Waals surface area (Å²) in [4.78, 5) is 79.3. The third-order valence-corrected chi connectivity index (χ3v) is 16.7. The van der Waals surface area contributed by atoms with Crippen molar-refractivity contribution in [2.24, 2.45) is 5.92 Å². The molecule has 16 nitrogen and oxygen atoms in total. The third kappa shape index (κ3) is 8.51. The third-order valence-electron chi connectivity index (χ3n) is 16.7. The molecular formula is C55H60FN11O5. The number of ether oxygens (including phenoxy) is 1. The van der Waals surface area contributed by atoms with Gasteiger partial charge in [-0.15, -0.1) is 6.42 Å². The van der Waals surface area contributed by atoms with E-state index in [2.05, 4.69) is 48.1 Å². The molecule has 2 aromatic heterocycles. The summed E-state index contributed by atoms with van der Waals surface area (Å²) in [5.74, 6) is 1.52. The van der Waals surface area contributed by atoms with E-state index in [4.69, 9.17) is 26.1 Å². The van der Waals surface area contributed by atoms with E-state index < -0.39 is 29.6 Å². The van der Waals surface area contributed by atoms with E-state index in [0.29, 0.717) is 64.1 Å². The number of benzene rings is 3. The fourth-order valence-corrected chi connectivity index (χ4v) is 12.8. The number of piperazine rings is 2. The number of hydrogen-bond donors (Lipinski definition) is 2. The molecule has 5 atom stereocenters. The zero-order valence-electron chi connectivity index (χ0n) is 40.7. The van der Waals surface area contributed by atoms with Crippen molar-refractivity contribution >= 4 is 56.8 Å². The fraction of sp³-hybridized carbons (Fsp3) is 0.473. The molecule has 7 aliphatic heterocycles. The maximum atomic E-state index is 17.1. The van der Waals surface area contributed by atoms with Crippen LogP contribution in [0, 0.1) is 24.1 Å². The molecule has 5 aromatic rings. The average Bonchev–Trinajstić information content (AvgIpc) is 4.02. The Labute approximate surface area is 418 Å². The Bertz CT molecular complexity index is 3020. The van der Waals surface area contributed by atoms with Crippen LogP contribution in [0.1, 0.15) is 77.6 Å². The first-order chi connectivity index (χ1) is 35.1. The molecule has 72 heavy (non-hydrogen) atoms. The lowest BCUT2D eigenvalue weighted by Gasteiger charge is -2.40. The molecule has 17 heteroatoms. The number of piperidine rings is 2. The number of rotatable bonds is 11. The predicted octanol–water partition coefficient (Wildman–Crippen LogP) is 4.68. The molecular weight excluding hydrogens is 914 g/mol. The molecule has 6 saturated heterocycles. The van der Waals surface area contributed by atoms with E-state index in [1.807, 2.05) is 48.5 Å². The first-order valence-electron chi connectivity index (χ1n) is 25.8. The van der Waals surface area contributed by atoms with Crippen molar-refractivity contribution in [1.82, 2.24) is 45.2 Å². The van der Waals surface area contributed by atoms with Crippen LogP contribution in [0.15, 0.2) is 60.8 Å². The van der Waals surface area contributed by atoms with Crippen molar-refractivity contribution in [2.45, 2.75) is 81.6 Å². The van der Waals surface area contributed by atoms with Crippen LogP contribution in [0.5, 0.6) is 6.01 Å². The summed E-state index contributed by atoms with van der Waals surface area (Å²) in [7, 11) is 2.19. The van der Waals surface area contributed by atoms with Gasteiger partial charge in [0.2, 0.25) is 11.8 Å². The lowest BCUT2D eigenvalue weighted by Crippen LogP contribution is -2.54. The van der Waals surface area contributed by atoms with E-state index in [9.17, 15) is 19.2 Å². The zero-order chi connectivity index (χ0) is 49.2. The van der Waals surface area contributed by atoms with Gasteiger partial charge in [0.05, 0.1) is 22.2 Å². The molecule has 2 N–H and O–H groups in total. The van der Waals surface area contributed by atoms with Crippen LogP contribution in [0.3, 0.4) is 0 Å². The molecule has 0 aliphatic carbocycles. The molecule has 0 saturated carbocycles. The van der Waals surface area contributed by atoms with Crippen LogP contribution < -0.4 is 25.2 Å². The molecule has 4 amide bonds. The fourth-order valence-electron chi connectivity index (χ4n) is 12.8. The van der Waals surface area contributed by atoms with Crippen molar-refractivity contribution in [2.75, 3.05) is 88.9 Å². The van der Waals surface area contributed by atoms with E-state index in [1.54, 1.807) is 12.3 Å². The van der Waals surface area contributed by atoms with E-state index in [1.165, 1.54) is 0 Å². The van der Waals surface area contributed by atoms with Gasteiger partial charge in [-0.05, 0) is 81.5 Å². The second kappa shape index (κ2) is 19.1. The zero-order valence-corrected chi connectivity index (χ0v) is 40.7. The van der Waals surface area contributed by atoms with Crippen molar-refractivity contribution < 1.29 is 28.3 Å². The number of carbonyl (C=O) groups is 4. The molecule has 3 unspecified atom stereocenters. The second-order valence-corrected chi connectivity index (χ2v) is 20.9. The Morgan fingerprint density at radius 2 is 1.49 bits per heavy atom. The van der Waals surface area contributed by atoms with Gasteiger partial charge in [0.25, 0.3) is 11.8 Å². The van der Waals surface area contributed by atoms with Crippen LogP contribution in [-0.4, -0.2) is 167 Å². The largest absolute Gasteiger partial charge is 0.462 e. The highest BCUT2D eigenvalue weighted by molar-refractivity contribution is 6.25. The number of terminal acetylenes is 1. The summed E-state index contributed by atoms with van der Waals surface area (Å²) in [6.45, 7) is 9.54. The van der Waals surface area contributed by atoms with Gasteiger partial charge in [0, 0.05) is 119 Å². The lowest BCUT2D eigenvalue weighted by atomic mass is 9.94. The Kier molecular flexibility index (Phi) is 12.3. The minimum Gasteiger partial charge on any atom is -0.462 e. The normalized spacial score (nSPS) is 25.5. The van der Waals surface area contributed by atoms with E-state index >= 15 is 4.39 Å². The van der Waals surface area contributed by atoms with Gasteiger partial charge in [0.15, 0.2) is 5.82 Å². The lowest BCUT2D eigenvalue weighted by molar-refractivity contribution is -0.136. The number of likely N-dealkylation sites (N-methyl/N-ethyl adjacent to an activating group) is 1. The Morgan fingerprint density at radius 1 is 0.778 bits per heavy atom. The quantitative estimate of drug-likeness (QED) is 0.139. The Balaban J connectivity index is 0.659. The topological polar surface area (TPSA) is 160 Å². The second-order valence-electron chi connectivity index (χ2n) is 20.9. The van der Waals surface area contributed by atoms with Crippen LogP contribution in [0.25, 0.3) is 32.9 Å². The average molecular weight is 974 g/mol. The standard InChI is InChI=1S/C55H60FN11O5/c1-3-34-7-4-8-35-9-5-10-40(46(34)35)49-48(56)50-42(27-57-49)51(66-29-36-13-14-37(30-66)58-36)61-55(60-50)72-32-39-16-15-38(62(39)2)31-64-25-23-63(24-26-64)28-33-19-21-65(22-20-33)43-12-6-11-41-47(43)54(71)67(53(41)70)44-17-18-45(68)59-52(44)69/h1,4-12,27,33,36-39,44,58H,13-26,28-32H2,2H3,(H,59,68,69)/t36?,37?,38-,39+,44?/m1/s1. The summed E-state index contributed by atoms with van der Waals surface area (Å²) in [6, 6.07) is 17.3. The van der Waals surface area contributed by atoms with Gasteiger partial charge >= 0.3 is 6.01 Å². The highest BCUT2D eigenvalue weighted by atomic mass is 19.1. The number of aromatic nitrogens is 3. The summed E-state index contributed by atoms with van der Waals surface area (Å²) in [6.07, 6.45) is 14.1. The van der Waals surface area contributed by atoms with Gasteiger partial charge in [-0.3, -0.25) is 44.2 Å². The Morgan fingerprint density at radius 3 is 2.24 bits per heavy atom. The number of likely N-dealkylation sites (tertiary alicyclic amines) is 1. The minimum atomic E-state index is -0.982. The minimum absolute atomic E-state index is 0.0911. The number of nitrogens with zero attached hydrogens (tertiary/aromatic N) is 9. The monoisotopic (exact) mass is 973 g/mol. The SMILES string of the molecule is C#Cc1cccc2cccc(-c3ncc4c(N5CC6CCC(C5)N6)nc(OC[C@@H]5CC[C@H](CN6CCN(CC7CCN(c8cccc9c8C(=O)N(C8CCC(=O)NC8=O)C9=O)CC7)CC6)N5C)nc4c3F)c12. The van der Waals surface area contributed by atoms with Crippen LogP contribution >= 0.6 is 0 Å². The van der Waals surface area contributed by atoms with Gasteiger partial charge < -0.3 is 24.8 Å². The van der Waals surface area contributed by atoms with E-state index in [-0.39, 0.29) is 42.0 Å². The maximum absolute atomic E-state index is 17.1. The molecule has 9 heterocycles. The highest BCUT2D eigenvalue weighted by Gasteiger charge is 2.46. The molecule has 2 bridgehead atoms. The molecule has 12 rings (SSSR count). The van der Waals surface area contributed by atoms with Gasteiger partial charge in [0.1, 0.15) is 29.7 Å². The summed E-state index contributed by atoms with van der Waals surface area (Å²) >= 11 is 0. The number of hydrogen-bond acceptors (Lipinski definition) is 14. The van der Waals surface area contributed by atoms with Crippen LogP contribution in [0.4, 0.5) is 15.9 Å². The van der Waals surface area contributed by atoms with Gasteiger partial charge in [-0.2, -0.15) is 9.97 Å². The smallest absolute Gasteiger partial charge is 0.319 e. The summed E-state index contributed by atoms with van der Waals surface area (Å²) in [5.41, 5.74) is 3.11. The number of fused-ring (bicyclic) bond motifs is 5. The molecule has 3 aromatic carbocycles. The van der Waals surface area contributed by atoms with Gasteiger partial charge in [-0.25, -0.2) is 4.39 Å². The summed E-state index contributed by atoms with van der Waals surface area (Å²) < 4.78 is 23.6. The van der Waals surface area contributed by atoms with E-state index in [0.717, 1.165) is 125 Å². The summed E-state index contributed by atoms with van der Waals surface area (Å²) in [5, 5.41) is 8.25. The first kappa shape index (κ1) is 46.5. The maximum Gasteiger partial charge on any atom is 0.319 e. The predicted molar refractivity (Wildman–Crippen MR) is 271 cm³/mol. The number of amides is 4. The number of nitrogens with one attached hydrogen (secondary N) is 2. The van der Waals surface area contributed by atoms with Gasteiger partial charge in [-0.1, -0.05) is 42.3 Å². The van der Waals surface area contributed by atoms with Crippen LogP contribution in [-0.2, 0) is 9.59 Å². The van der Waals surface area contributed by atoms with Crippen molar-refractivity contribution in [3.63, 3.8) is 0 Å². The van der Waals surface area contributed by atoms with Crippen LogP contribution in [0.2, 0.25) is 0 Å².